The number of fused-ring (bicyclic) bond motifs is 8. The number of aromatic nitrogens is 3. The highest BCUT2D eigenvalue weighted by molar-refractivity contribution is 6.04. The predicted molar refractivity (Wildman–Crippen MR) is 100 cm³/mol. The van der Waals surface area contributed by atoms with Crippen LogP contribution in [0.1, 0.15) is 5.56 Å². The van der Waals surface area contributed by atoms with Crippen molar-refractivity contribution in [2.24, 2.45) is 0 Å². The maximum Gasteiger partial charge on any atom is 0.227 e. The van der Waals surface area contributed by atoms with Gasteiger partial charge in [0, 0.05) is 28.6 Å². The molecule has 6 nitrogen and oxygen atoms in total. The fourth-order valence-corrected chi connectivity index (χ4v) is 3.98. The van der Waals surface area contributed by atoms with E-state index in [0.717, 1.165) is 39.5 Å². The van der Waals surface area contributed by atoms with Gasteiger partial charge < -0.3 is 4.42 Å². The zero-order valence-electron chi connectivity index (χ0n) is 14.0. The van der Waals surface area contributed by atoms with Gasteiger partial charge in [-0.3, -0.25) is 9.69 Å². The lowest BCUT2D eigenvalue weighted by atomic mass is 10.1. The van der Waals surface area contributed by atoms with E-state index in [9.17, 15) is 0 Å². The molecule has 0 radical (unpaired) electrons. The van der Waals surface area contributed by atoms with Crippen LogP contribution in [0.25, 0.3) is 48.3 Å². The van der Waals surface area contributed by atoms with Crippen LogP contribution in [0.5, 0.6) is 0 Å². The minimum Gasteiger partial charge on any atom is -0.438 e. The predicted octanol–water partition coefficient (Wildman–Crippen LogP) is 4.68. The lowest BCUT2D eigenvalue weighted by Crippen LogP contribution is -2.36. The third-order valence-electron chi connectivity index (χ3n) is 5.15. The molecular formula is C21H10N5O+. The van der Waals surface area contributed by atoms with E-state index in [2.05, 4.69) is 30.1 Å². The Morgan fingerprint density at radius 1 is 1.07 bits per heavy atom. The summed E-state index contributed by atoms with van der Waals surface area (Å²) >= 11 is 0. The molecule has 5 aromatic rings. The van der Waals surface area contributed by atoms with Crippen molar-refractivity contribution in [3.8, 4) is 5.69 Å². The average molecular weight is 348 g/mol. The molecule has 0 saturated carbocycles. The fraction of sp³-hybridized carbons (Fsp3) is 0.0476. The second kappa shape index (κ2) is 4.72. The van der Waals surface area contributed by atoms with Crippen molar-refractivity contribution in [3.05, 3.63) is 77.2 Å². The van der Waals surface area contributed by atoms with Crippen LogP contribution in [-0.4, -0.2) is 9.67 Å². The minimum absolute atomic E-state index is 0.376. The van der Waals surface area contributed by atoms with Gasteiger partial charge in [-0.2, -0.15) is 0 Å². The molecule has 0 atom stereocenters. The van der Waals surface area contributed by atoms with E-state index >= 15 is 0 Å². The van der Waals surface area contributed by atoms with Crippen LogP contribution in [-0.2, 0) is 6.54 Å². The molecule has 0 amide bonds. The summed E-state index contributed by atoms with van der Waals surface area (Å²) in [5.41, 5.74) is 5.33. The van der Waals surface area contributed by atoms with E-state index in [-0.39, 0.29) is 0 Å². The zero-order valence-corrected chi connectivity index (χ0v) is 14.0. The molecule has 0 N–H and O–H groups in total. The normalized spacial score (nSPS) is 12.2. The molecule has 27 heavy (non-hydrogen) atoms. The molecule has 6 heteroatoms. The van der Waals surface area contributed by atoms with Gasteiger partial charge in [-0.15, -0.1) is 9.36 Å². The lowest BCUT2D eigenvalue weighted by Gasteiger charge is -2.00. The number of nitrogens with zero attached hydrogens (tertiary/aromatic N) is 5. The van der Waals surface area contributed by atoms with Crippen LogP contribution in [0.3, 0.4) is 0 Å². The molecule has 4 heterocycles. The highest BCUT2D eigenvalue weighted by atomic mass is 16.3. The van der Waals surface area contributed by atoms with Gasteiger partial charge in [0.15, 0.2) is 17.9 Å². The van der Waals surface area contributed by atoms with Crippen molar-refractivity contribution >= 4 is 44.3 Å². The molecular weight excluding hydrogens is 338 g/mol. The van der Waals surface area contributed by atoms with Gasteiger partial charge in [-0.1, -0.05) is 6.07 Å². The molecule has 3 aromatic heterocycles. The summed E-state index contributed by atoms with van der Waals surface area (Å²) in [6, 6.07) is 11.7. The van der Waals surface area contributed by atoms with E-state index in [1.165, 1.54) is 5.56 Å². The van der Waals surface area contributed by atoms with Crippen molar-refractivity contribution in [1.29, 1.82) is 0 Å². The van der Waals surface area contributed by atoms with Gasteiger partial charge in [0.2, 0.25) is 11.9 Å². The first-order valence-corrected chi connectivity index (χ1v) is 8.41. The molecule has 1 aliphatic rings. The Balaban J connectivity index is 1.68. The van der Waals surface area contributed by atoms with Crippen molar-refractivity contribution in [1.82, 2.24) is 9.67 Å². The van der Waals surface area contributed by atoms with Crippen LogP contribution in [0.15, 0.2) is 53.2 Å². The Bertz CT molecular complexity index is 1520. The van der Waals surface area contributed by atoms with Crippen molar-refractivity contribution in [3.63, 3.8) is 0 Å². The van der Waals surface area contributed by atoms with Gasteiger partial charge in [-0.25, -0.2) is 4.98 Å². The molecule has 0 spiro atoms. The minimum atomic E-state index is 0.376. The van der Waals surface area contributed by atoms with E-state index in [1.807, 2.05) is 24.4 Å². The summed E-state index contributed by atoms with van der Waals surface area (Å²) in [6.07, 6.45) is 3.76. The second-order valence-corrected chi connectivity index (χ2v) is 6.60. The van der Waals surface area contributed by atoms with Gasteiger partial charge in [0.1, 0.15) is 16.8 Å². The molecule has 2 aromatic carbocycles. The molecule has 0 saturated heterocycles. The SMILES string of the molecule is [C-]#[N+]c1cc2c[n+]3n(c2cc1[N+]#[C-])-c1cc2oc4ncccc4c2cc1C3. The average Bonchev–Trinajstić information content (AvgIpc) is 3.33. The molecule has 6 rings (SSSR count). The second-order valence-electron chi connectivity index (χ2n) is 6.60. The highest BCUT2D eigenvalue weighted by Gasteiger charge is 2.30. The Hall–Kier alpha value is -4.16. The Morgan fingerprint density at radius 3 is 2.78 bits per heavy atom. The summed E-state index contributed by atoms with van der Waals surface area (Å²) in [7, 11) is 0. The molecule has 0 unspecified atom stereocenters. The van der Waals surface area contributed by atoms with E-state index in [4.69, 9.17) is 17.6 Å². The van der Waals surface area contributed by atoms with E-state index in [1.54, 1.807) is 18.3 Å². The maximum absolute atomic E-state index is 7.37. The Morgan fingerprint density at radius 2 is 1.93 bits per heavy atom. The molecule has 0 bridgehead atoms. The first kappa shape index (κ1) is 14.1. The first-order chi connectivity index (χ1) is 13.3. The van der Waals surface area contributed by atoms with Gasteiger partial charge in [-0.05, 0) is 24.3 Å². The Kier molecular flexibility index (Phi) is 2.46. The van der Waals surface area contributed by atoms with Gasteiger partial charge in [0.25, 0.3) is 0 Å². The third kappa shape index (κ3) is 1.71. The lowest BCUT2D eigenvalue weighted by molar-refractivity contribution is -0.749. The van der Waals surface area contributed by atoms with Gasteiger partial charge >= 0.3 is 0 Å². The molecule has 124 valence electrons. The van der Waals surface area contributed by atoms with Crippen molar-refractivity contribution < 1.29 is 9.10 Å². The standard InChI is InChI=1S/C21H10N5O/c1-22-16-7-13-11-25-10-12-6-15-14-4-3-5-24-21(14)27-20(15)9-19(12)26(25)18(13)8-17(16)23-2/h3-9,11H,10H2/q+1. The van der Waals surface area contributed by atoms with Crippen LogP contribution < -0.4 is 4.68 Å². The molecule has 0 aliphatic carbocycles. The van der Waals surface area contributed by atoms with Crippen LogP contribution in [0.4, 0.5) is 11.4 Å². The summed E-state index contributed by atoms with van der Waals surface area (Å²) in [5.74, 6) is 0. The van der Waals surface area contributed by atoms with Crippen LogP contribution in [0, 0.1) is 13.1 Å². The fourth-order valence-electron chi connectivity index (χ4n) is 3.98. The number of hydrogen-bond donors (Lipinski definition) is 0. The summed E-state index contributed by atoms with van der Waals surface area (Å²) < 4.78 is 10.1. The maximum atomic E-state index is 7.37. The topological polar surface area (TPSA) is 43.6 Å². The Labute approximate surface area is 153 Å². The molecule has 1 aliphatic heterocycles. The summed E-state index contributed by atoms with van der Waals surface area (Å²) in [5, 5.41) is 3.02. The number of hydrogen-bond acceptors (Lipinski definition) is 2. The van der Waals surface area contributed by atoms with E-state index in [0.29, 0.717) is 17.1 Å². The highest BCUT2D eigenvalue weighted by Crippen LogP contribution is 2.37. The molecule has 0 fully saturated rings. The number of pyridine rings is 1. The largest absolute Gasteiger partial charge is 0.438 e. The van der Waals surface area contributed by atoms with Gasteiger partial charge in [0.05, 0.1) is 18.5 Å². The summed E-state index contributed by atoms with van der Waals surface area (Å²) in [4.78, 5) is 11.3. The third-order valence-corrected chi connectivity index (χ3v) is 5.15. The van der Waals surface area contributed by atoms with Crippen molar-refractivity contribution in [2.45, 2.75) is 6.54 Å². The van der Waals surface area contributed by atoms with Crippen LogP contribution in [0.2, 0.25) is 0 Å². The first-order valence-electron chi connectivity index (χ1n) is 8.41. The smallest absolute Gasteiger partial charge is 0.227 e. The quantitative estimate of drug-likeness (QED) is 0.296. The van der Waals surface area contributed by atoms with Crippen LogP contribution >= 0.6 is 0 Å². The van der Waals surface area contributed by atoms with Crippen molar-refractivity contribution in [2.75, 3.05) is 0 Å². The monoisotopic (exact) mass is 348 g/mol. The summed E-state index contributed by atoms with van der Waals surface area (Å²) in [6.45, 7) is 15.4. The van der Waals surface area contributed by atoms with E-state index < -0.39 is 0 Å². The number of rotatable bonds is 0. The zero-order chi connectivity index (χ0) is 18.1. The number of benzene rings is 2. The number of furan rings is 1.